The third-order valence-electron chi connectivity index (χ3n) is 5.13. The Balaban J connectivity index is 1.34. The van der Waals surface area contributed by atoms with Gasteiger partial charge in [-0.15, -0.1) is 0 Å². The lowest BCUT2D eigenvalue weighted by atomic mass is 9.96. The molecule has 1 amide bonds. The van der Waals surface area contributed by atoms with Gasteiger partial charge in [0.2, 0.25) is 5.91 Å². The number of amides is 1. The number of benzene rings is 2. The van der Waals surface area contributed by atoms with E-state index in [1.807, 2.05) is 54.3 Å². The molecule has 1 fully saturated rings. The molecule has 0 aliphatic carbocycles. The lowest BCUT2D eigenvalue weighted by Gasteiger charge is -2.29. The molecule has 1 aliphatic rings. The molecule has 1 aromatic heterocycles. The van der Waals surface area contributed by atoms with Crippen molar-refractivity contribution < 1.29 is 13.9 Å². The lowest BCUT2D eigenvalue weighted by Crippen LogP contribution is -2.36. The van der Waals surface area contributed by atoms with E-state index < -0.39 is 0 Å². The highest BCUT2D eigenvalue weighted by Crippen LogP contribution is 2.31. The highest BCUT2D eigenvalue weighted by atomic mass is 35.5. The maximum atomic E-state index is 12.5. The molecule has 0 spiro atoms. The number of rotatable bonds is 5. The van der Waals surface area contributed by atoms with Crippen LogP contribution in [0.15, 0.2) is 53.0 Å². The number of piperidine rings is 1. The maximum absolute atomic E-state index is 12.5. The van der Waals surface area contributed by atoms with E-state index >= 15 is 0 Å². The van der Waals surface area contributed by atoms with Gasteiger partial charge in [-0.3, -0.25) is 4.79 Å². The van der Waals surface area contributed by atoms with Crippen LogP contribution in [0.5, 0.6) is 5.75 Å². The Hall–Kier alpha value is -2.79. The molecule has 2 heterocycles. The highest BCUT2D eigenvalue weighted by Gasteiger charge is 2.26. The van der Waals surface area contributed by atoms with Crippen molar-refractivity contribution in [2.75, 3.05) is 19.7 Å². The van der Waals surface area contributed by atoms with Crippen molar-refractivity contribution in [1.29, 1.82) is 0 Å². The van der Waals surface area contributed by atoms with Crippen LogP contribution in [0.4, 0.5) is 0 Å². The standard InChI is InChI=1S/C23H23ClN2O3/c1-2-28-19-7-3-16(4-8-19)5-10-22(27)26-13-11-17(12-14-26)23-25-20-15-18(24)6-9-21(20)29-23/h3-10,15,17H,2,11-14H2,1H3. The largest absolute Gasteiger partial charge is 0.494 e. The van der Waals surface area contributed by atoms with Gasteiger partial charge < -0.3 is 14.1 Å². The Labute approximate surface area is 174 Å². The van der Waals surface area contributed by atoms with Gasteiger partial charge in [0.25, 0.3) is 0 Å². The molecule has 1 saturated heterocycles. The number of hydrogen-bond acceptors (Lipinski definition) is 4. The van der Waals surface area contributed by atoms with Gasteiger partial charge in [-0.05, 0) is 61.7 Å². The SMILES string of the molecule is CCOc1ccc(C=CC(=O)N2CCC(c3nc4cc(Cl)ccc4o3)CC2)cc1. The van der Waals surface area contributed by atoms with Gasteiger partial charge in [-0.25, -0.2) is 4.98 Å². The molecule has 5 nitrogen and oxygen atoms in total. The molecule has 6 heteroatoms. The van der Waals surface area contributed by atoms with Crippen LogP contribution in [-0.2, 0) is 4.79 Å². The van der Waals surface area contributed by atoms with Gasteiger partial charge in [-0.1, -0.05) is 23.7 Å². The number of aromatic nitrogens is 1. The van der Waals surface area contributed by atoms with E-state index in [1.165, 1.54) is 0 Å². The Morgan fingerprint density at radius 1 is 1.24 bits per heavy atom. The molecule has 0 unspecified atom stereocenters. The number of oxazole rings is 1. The number of halogens is 1. The topological polar surface area (TPSA) is 55.6 Å². The summed E-state index contributed by atoms with van der Waals surface area (Å²) in [4.78, 5) is 19.0. The minimum absolute atomic E-state index is 0.0293. The van der Waals surface area contributed by atoms with Crippen molar-refractivity contribution in [2.45, 2.75) is 25.7 Å². The summed E-state index contributed by atoms with van der Waals surface area (Å²) in [6, 6.07) is 13.2. The number of carbonyl (C=O) groups is 1. The quantitative estimate of drug-likeness (QED) is 0.535. The number of likely N-dealkylation sites (tertiary alicyclic amines) is 1. The molecular weight excluding hydrogens is 388 g/mol. The Bertz CT molecular complexity index is 1020. The van der Waals surface area contributed by atoms with E-state index in [2.05, 4.69) is 4.98 Å². The zero-order valence-electron chi connectivity index (χ0n) is 16.3. The number of hydrogen-bond donors (Lipinski definition) is 0. The summed E-state index contributed by atoms with van der Waals surface area (Å²) in [5.74, 6) is 1.82. The Kier molecular flexibility index (Phi) is 5.86. The molecule has 0 bridgehead atoms. The molecule has 3 aromatic rings. The van der Waals surface area contributed by atoms with E-state index in [0.29, 0.717) is 24.7 Å². The van der Waals surface area contributed by atoms with Crippen molar-refractivity contribution in [2.24, 2.45) is 0 Å². The van der Waals surface area contributed by atoms with Crippen LogP contribution < -0.4 is 4.74 Å². The van der Waals surface area contributed by atoms with Crippen molar-refractivity contribution in [1.82, 2.24) is 9.88 Å². The Morgan fingerprint density at radius 3 is 2.72 bits per heavy atom. The predicted octanol–water partition coefficient (Wildman–Crippen LogP) is 5.30. The average Bonchev–Trinajstić information content (AvgIpc) is 3.16. The first kappa shape index (κ1) is 19.5. The normalized spacial score (nSPS) is 15.3. The maximum Gasteiger partial charge on any atom is 0.246 e. The van der Waals surface area contributed by atoms with E-state index in [9.17, 15) is 4.79 Å². The predicted molar refractivity (Wildman–Crippen MR) is 114 cm³/mol. The summed E-state index contributed by atoms with van der Waals surface area (Å²) in [7, 11) is 0. The van der Waals surface area contributed by atoms with E-state index in [4.69, 9.17) is 20.8 Å². The average molecular weight is 411 g/mol. The fourth-order valence-electron chi connectivity index (χ4n) is 3.55. The summed E-state index contributed by atoms with van der Waals surface area (Å²) >= 11 is 6.02. The molecule has 2 aromatic carbocycles. The number of ether oxygens (including phenoxy) is 1. The van der Waals surface area contributed by atoms with Crippen molar-refractivity contribution >= 4 is 34.7 Å². The van der Waals surface area contributed by atoms with E-state index in [-0.39, 0.29) is 11.8 Å². The van der Waals surface area contributed by atoms with Gasteiger partial charge in [0, 0.05) is 30.1 Å². The molecule has 1 aliphatic heterocycles. The minimum Gasteiger partial charge on any atom is -0.494 e. The lowest BCUT2D eigenvalue weighted by molar-refractivity contribution is -0.127. The minimum atomic E-state index is 0.0293. The zero-order valence-corrected chi connectivity index (χ0v) is 17.1. The van der Waals surface area contributed by atoms with Gasteiger partial charge in [0.1, 0.15) is 11.3 Å². The van der Waals surface area contributed by atoms with Gasteiger partial charge in [-0.2, -0.15) is 0 Å². The molecule has 0 N–H and O–H groups in total. The zero-order chi connectivity index (χ0) is 20.2. The second-order valence-electron chi connectivity index (χ2n) is 7.10. The summed E-state index contributed by atoms with van der Waals surface area (Å²) in [6.07, 6.45) is 5.15. The van der Waals surface area contributed by atoms with Gasteiger partial charge in [0.05, 0.1) is 6.61 Å². The number of carbonyl (C=O) groups excluding carboxylic acids is 1. The number of fused-ring (bicyclic) bond motifs is 1. The van der Waals surface area contributed by atoms with Crippen LogP contribution in [-0.4, -0.2) is 35.5 Å². The third-order valence-corrected chi connectivity index (χ3v) is 5.37. The summed E-state index contributed by atoms with van der Waals surface area (Å²) in [6.45, 7) is 3.98. The third kappa shape index (κ3) is 4.62. The van der Waals surface area contributed by atoms with Crippen LogP contribution in [0, 0.1) is 0 Å². The van der Waals surface area contributed by atoms with Crippen molar-refractivity contribution in [3.63, 3.8) is 0 Å². The number of nitrogens with zero attached hydrogens (tertiary/aromatic N) is 2. The molecule has 0 radical (unpaired) electrons. The monoisotopic (exact) mass is 410 g/mol. The van der Waals surface area contributed by atoms with Crippen molar-refractivity contribution in [3.8, 4) is 5.75 Å². The van der Waals surface area contributed by atoms with E-state index in [1.54, 1.807) is 12.1 Å². The van der Waals surface area contributed by atoms with Crippen LogP contribution in [0.2, 0.25) is 5.02 Å². The van der Waals surface area contributed by atoms with E-state index in [0.717, 1.165) is 41.1 Å². The molecule has 4 rings (SSSR count). The fourth-order valence-corrected chi connectivity index (χ4v) is 3.72. The highest BCUT2D eigenvalue weighted by molar-refractivity contribution is 6.31. The summed E-state index contributed by atoms with van der Waals surface area (Å²) in [5, 5.41) is 0.650. The summed E-state index contributed by atoms with van der Waals surface area (Å²) in [5.41, 5.74) is 2.51. The molecule has 150 valence electrons. The second-order valence-corrected chi connectivity index (χ2v) is 7.54. The van der Waals surface area contributed by atoms with Crippen LogP contribution in [0.25, 0.3) is 17.2 Å². The van der Waals surface area contributed by atoms with Crippen LogP contribution in [0.3, 0.4) is 0 Å². The van der Waals surface area contributed by atoms with Crippen LogP contribution in [0.1, 0.15) is 37.1 Å². The van der Waals surface area contributed by atoms with Crippen molar-refractivity contribution in [3.05, 3.63) is 65.0 Å². The first-order chi connectivity index (χ1) is 14.1. The molecule has 29 heavy (non-hydrogen) atoms. The van der Waals surface area contributed by atoms with Crippen LogP contribution >= 0.6 is 11.6 Å². The van der Waals surface area contributed by atoms with Gasteiger partial charge in [0.15, 0.2) is 11.5 Å². The Morgan fingerprint density at radius 2 is 2.00 bits per heavy atom. The second kappa shape index (κ2) is 8.70. The molecule has 0 saturated carbocycles. The molecule has 0 atom stereocenters. The fraction of sp³-hybridized carbons (Fsp3) is 0.304. The first-order valence-corrected chi connectivity index (χ1v) is 10.3. The first-order valence-electron chi connectivity index (χ1n) is 9.88. The molecular formula is C23H23ClN2O3. The summed E-state index contributed by atoms with van der Waals surface area (Å²) < 4.78 is 11.3. The van der Waals surface area contributed by atoms with Gasteiger partial charge >= 0.3 is 0 Å². The smallest absolute Gasteiger partial charge is 0.246 e.